The van der Waals surface area contributed by atoms with Gasteiger partial charge < -0.3 is 10.0 Å². The van der Waals surface area contributed by atoms with Gasteiger partial charge in [0, 0.05) is 24.5 Å². The van der Waals surface area contributed by atoms with Crippen LogP contribution in [0.1, 0.15) is 17.3 Å². The van der Waals surface area contributed by atoms with Gasteiger partial charge >= 0.3 is 11.0 Å². The summed E-state index contributed by atoms with van der Waals surface area (Å²) in [6.07, 6.45) is 0. The molecule has 19 heavy (non-hydrogen) atoms. The van der Waals surface area contributed by atoms with Gasteiger partial charge in [-0.15, -0.1) is 0 Å². The van der Waals surface area contributed by atoms with Gasteiger partial charge in [0.1, 0.15) is 0 Å². The van der Waals surface area contributed by atoms with Crippen LogP contribution in [0, 0.1) is 22.0 Å². The molecule has 1 aliphatic rings. The Morgan fingerprint density at radius 3 is 2.68 bits per heavy atom. The number of carboxylic acid groups (broad SMARTS) is 1. The Morgan fingerprint density at radius 2 is 2.21 bits per heavy atom. The lowest BCUT2D eigenvalue weighted by molar-refractivity contribution is -0.380. The zero-order valence-electron chi connectivity index (χ0n) is 10.1. The number of carbonyl (C=O) groups is 2. The number of likely N-dealkylation sites (tertiary alicyclic amines) is 1. The van der Waals surface area contributed by atoms with Crippen molar-refractivity contribution in [2.75, 3.05) is 13.1 Å². The molecule has 8 heteroatoms. The maximum absolute atomic E-state index is 12.1. The SMILES string of the molecule is CC1CN(C(=O)c2csc([N+](=O)[O-])c2)CC1C(=O)O. The third kappa shape index (κ3) is 2.58. The van der Waals surface area contributed by atoms with Gasteiger partial charge in [-0.1, -0.05) is 18.3 Å². The molecule has 0 spiro atoms. The van der Waals surface area contributed by atoms with Gasteiger partial charge in [-0.25, -0.2) is 0 Å². The largest absolute Gasteiger partial charge is 0.481 e. The molecule has 1 fully saturated rings. The van der Waals surface area contributed by atoms with E-state index in [4.69, 9.17) is 5.11 Å². The highest BCUT2D eigenvalue weighted by molar-refractivity contribution is 7.13. The Hall–Kier alpha value is -1.96. The third-order valence-electron chi connectivity index (χ3n) is 3.23. The first-order valence-electron chi connectivity index (χ1n) is 5.65. The molecule has 1 saturated heterocycles. The number of thiophene rings is 1. The predicted octanol–water partition coefficient (Wildman–Crippen LogP) is 1.45. The van der Waals surface area contributed by atoms with E-state index in [-0.39, 0.29) is 28.9 Å². The van der Waals surface area contributed by atoms with Gasteiger partial charge in [0.2, 0.25) is 0 Å². The maximum Gasteiger partial charge on any atom is 0.324 e. The van der Waals surface area contributed by atoms with Gasteiger partial charge in [-0.05, 0) is 5.92 Å². The van der Waals surface area contributed by atoms with Crippen LogP contribution in [0.15, 0.2) is 11.4 Å². The van der Waals surface area contributed by atoms with Crippen LogP contribution in [0.5, 0.6) is 0 Å². The fourth-order valence-electron chi connectivity index (χ4n) is 2.17. The summed E-state index contributed by atoms with van der Waals surface area (Å²) >= 11 is 0.890. The summed E-state index contributed by atoms with van der Waals surface area (Å²) in [5.74, 6) is -1.95. The molecule has 2 rings (SSSR count). The van der Waals surface area contributed by atoms with Crippen LogP contribution in [-0.2, 0) is 4.79 Å². The molecule has 2 atom stereocenters. The van der Waals surface area contributed by atoms with Crippen molar-refractivity contribution in [1.29, 1.82) is 0 Å². The molecule has 0 bridgehead atoms. The number of rotatable bonds is 3. The van der Waals surface area contributed by atoms with Crippen LogP contribution in [0.4, 0.5) is 5.00 Å². The normalized spacial score (nSPS) is 22.5. The molecule has 1 amide bonds. The second kappa shape index (κ2) is 4.96. The van der Waals surface area contributed by atoms with Gasteiger partial charge in [-0.3, -0.25) is 19.7 Å². The fourth-order valence-corrected chi connectivity index (χ4v) is 2.87. The Bertz CT molecular complexity index is 541. The molecule has 0 saturated carbocycles. The number of hydrogen-bond donors (Lipinski definition) is 1. The van der Waals surface area contributed by atoms with Crippen LogP contribution in [0.25, 0.3) is 0 Å². The van der Waals surface area contributed by atoms with Gasteiger partial charge in [0.05, 0.1) is 16.4 Å². The molecule has 0 radical (unpaired) electrons. The molecule has 1 aromatic rings. The average Bonchev–Trinajstić information content (AvgIpc) is 2.94. The lowest BCUT2D eigenvalue weighted by Crippen LogP contribution is -2.29. The van der Waals surface area contributed by atoms with Gasteiger partial charge in [0.25, 0.3) is 5.91 Å². The van der Waals surface area contributed by atoms with E-state index in [1.807, 2.05) is 0 Å². The van der Waals surface area contributed by atoms with Gasteiger partial charge in [-0.2, -0.15) is 0 Å². The number of amides is 1. The molecule has 0 aromatic carbocycles. The van der Waals surface area contributed by atoms with E-state index in [1.54, 1.807) is 6.92 Å². The first-order valence-corrected chi connectivity index (χ1v) is 6.53. The minimum absolute atomic E-state index is 0.0922. The lowest BCUT2D eigenvalue weighted by atomic mass is 9.99. The Kier molecular flexibility index (Phi) is 3.52. The molecule has 102 valence electrons. The third-order valence-corrected chi connectivity index (χ3v) is 4.11. The summed E-state index contributed by atoms with van der Waals surface area (Å²) in [5, 5.41) is 20.9. The van der Waals surface area contributed by atoms with Crippen LogP contribution in [0.3, 0.4) is 0 Å². The van der Waals surface area contributed by atoms with Crippen molar-refractivity contribution >= 4 is 28.2 Å². The molecule has 2 unspecified atom stereocenters. The Labute approximate surface area is 112 Å². The van der Waals surface area contributed by atoms with E-state index >= 15 is 0 Å². The molecule has 0 aliphatic carbocycles. The van der Waals surface area contributed by atoms with Crippen LogP contribution in [-0.4, -0.2) is 39.9 Å². The highest BCUT2D eigenvalue weighted by atomic mass is 32.1. The number of nitro groups is 1. The second-order valence-electron chi connectivity index (χ2n) is 4.56. The van der Waals surface area contributed by atoms with Crippen LogP contribution < -0.4 is 0 Å². The zero-order valence-corrected chi connectivity index (χ0v) is 10.9. The molecule has 1 N–H and O–H groups in total. The van der Waals surface area contributed by atoms with Gasteiger partial charge in [0.15, 0.2) is 0 Å². The molecule has 7 nitrogen and oxygen atoms in total. The molecule has 1 aromatic heterocycles. The minimum Gasteiger partial charge on any atom is -0.481 e. The summed E-state index contributed by atoms with van der Waals surface area (Å²) < 4.78 is 0. The van der Waals surface area contributed by atoms with Crippen molar-refractivity contribution in [2.45, 2.75) is 6.92 Å². The average molecular weight is 284 g/mol. The Morgan fingerprint density at radius 1 is 1.53 bits per heavy atom. The number of aliphatic carboxylic acids is 1. The topological polar surface area (TPSA) is 101 Å². The smallest absolute Gasteiger partial charge is 0.324 e. The number of hydrogen-bond acceptors (Lipinski definition) is 5. The summed E-state index contributed by atoms with van der Waals surface area (Å²) in [6.45, 7) is 2.29. The van der Waals surface area contributed by atoms with Crippen molar-refractivity contribution < 1.29 is 19.6 Å². The minimum atomic E-state index is -0.918. The fraction of sp³-hybridized carbons (Fsp3) is 0.455. The first kappa shape index (κ1) is 13.5. The predicted molar refractivity (Wildman–Crippen MR) is 67.2 cm³/mol. The second-order valence-corrected chi connectivity index (χ2v) is 5.45. The highest BCUT2D eigenvalue weighted by Crippen LogP contribution is 2.28. The molecular formula is C11H12N2O5S. The van der Waals surface area contributed by atoms with E-state index < -0.39 is 16.8 Å². The summed E-state index contributed by atoms with van der Waals surface area (Å²) in [6, 6.07) is 1.23. The first-order chi connectivity index (χ1) is 8.90. The van der Waals surface area contributed by atoms with Crippen molar-refractivity contribution in [3.8, 4) is 0 Å². The van der Waals surface area contributed by atoms with E-state index in [0.717, 1.165) is 11.3 Å². The quantitative estimate of drug-likeness (QED) is 0.668. The summed E-state index contributed by atoms with van der Waals surface area (Å²) in [4.78, 5) is 34.6. The lowest BCUT2D eigenvalue weighted by Gasteiger charge is -2.14. The number of nitrogens with zero attached hydrogens (tertiary/aromatic N) is 2. The van der Waals surface area contributed by atoms with E-state index in [9.17, 15) is 19.7 Å². The zero-order chi connectivity index (χ0) is 14.2. The highest BCUT2D eigenvalue weighted by Gasteiger charge is 2.37. The van der Waals surface area contributed by atoms with Crippen molar-refractivity contribution in [2.24, 2.45) is 11.8 Å². The standard InChI is InChI=1S/C11H12N2O5S/c1-6-3-12(4-8(6)11(15)16)10(14)7-2-9(13(17)18)19-5-7/h2,5-6,8H,3-4H2,1H3,(H,15,16). The molecule has 1 aliphatic heterocycles. The monoisotopic (exact) mass is 284 g/mol. The summed E-state index contributed by atoms with van der Waals surface area (Å²) in [7, 11) is 0. The summed E-state index contributed by atoms with van der Waals surface area (Å²) in [5.41, 5.74) is 0.245. The van der Waals surface area contributed by atoms with E-state index in [0.29, 0.717) is 6.54 Å². The molecule has 2 heterocycles. The number of carbonyl (C=O) groups excluding carboxylic acids is 1. The number of carboxylic acids is 1. The van der Waals surface area contributed by atoms with E-state index in [2.05, 4.69) is 0 Å². The van der Waals surface area contributed by atoms with Crippen LogP contribution in [0.2, 0.25) is 0 Å². The van der Waals surface area contributed by atoms with Crippen LogP contribution >= 0.6 is 11.3 Å². The van der Waals surface area contributed by atoms with E-state index in [1.165, 1.54) is 16.3 Å². The van der Waals surface area contributed by atoms with Crippen molar-refractivity contribution in [3.05, 3.63) is 27.1 Å². The Balaban J connectivity index is 2.12. The maximum atomic E-state index is 12.1. The molecular weight excluding hydrogens is 272 g/mol. The van der Waals surface area contributed by atoms with Crippen molar-refractivity contribution in [3.63, 3.8) is 0 Å². The van der Waals surface area contributed by atoms with Crippen molar-refractivity contribution in [1.82, 2.24) is 4.90 Å².